The molecule has 7 heteroatoms. The molecule has 1 aromatic carbocycles. The van der Waals surface area contributed by atoms with Crippen molar-refractivity contribution >= 4 is 16.9 Å². The number of pyridine rings is 1. The third-order valence-corrected chi connectivity index (χ3v) is 7.15. The van der Waals surface area contributed by atoms with E-state index in [0.29, 0.717) is 17.8 Å². The van der Waals surface area contributed by atoms with Crippen molar-refractivity contribution in [1.29, 1.82) is 5.26 Å². The topological polar surface area (TPSA) is 62.8 Å². The van der Waals surface area contributed by atoms with Crippen molar-refractivity contribution in [1.82, 2.24) is 19.8 Å². The molecule has 6 rings (SSSR count). The number of anilines is 2. The summed E-state index contributed by atoms with van der Waals surface area (Å²) in [4.78, 5) is 7.63. The van der Waals surface area contributed by atoms with Crippen molar-refractivity contribution < 1.29 is 0 Å². The molecular weight excluding hydrogens is 386 g/mol. The minimum atomic E-state index is 0.398. The summed E-state index contributed by atoms with van der Waals surface area (Å²) in [5.74, 6) is 0. The first-order chi connectivity index (χ1) is 15.2. The Labute approximate surface area is 182 Å². The first-order valence-corrected chi connectivity index (χ1v) is 11.2. The molecule has 0 aliphatic carbocycles. The van der Waals surface area contributed by atoms with E-state index in [1.807, 2.05) is 12.1 Å². The second-order valence-electron chi connectivity index (χ2n) is 8.91. The van der Waals surface area contributed by atoms with Crippen LogP contribution < -0.4 is 15.1 Å². The van der Waals surface area contributed by atoms with E-state index in [1.54, 1.807) is 10.7 Å². The number of benzene rings is 1. The van der Waals surface area contributed by atoms with E-state index in [0.717, 1.165) is 57.0 Å². The Hall–Kier alpha value is -3.08. The monoisotopic (exact) mass is 413 g/mol. The molecular formula is C24H27N7. The highest BCUT2D eigenvalue weighted by Crippen LogP contribution is 2.41. The Morgan fingerprint density at radius 1 is 1.06 bits per heavy atom. The van der Waals surface area contributed by atoms with Gasteiger partial charge in [0.2, 0.25) is 0 Å². The van der Waals surface area contributed by atoms with Crippen molar-refractivity contribution in [3.8, 4) is 6.07 Å². The van der Waals surface area contributed by atoms with Gasteiger partial charge in [-0.2, -0.15) is 10.4 Å². The van der Waals surface area contributed by atoms with E-state index in [2.05, 4.69) is 62.4 Å². The van der Waals surface area contributed by atoms with E-state index in [1.165, 1.54) is 16.8 Å². The zero-order chi connectivity index (χ0) is 20.9. The zero-order valence-electron chi connectivity index (χ0n) is 17.8. The Balaban J connectivity index is 1.32. The third-order valence-electron chi connectivity index (χ3n) is 7.15. The third kappa shape index (κ3) is 2.98. The molecule has 31 heavy (non-hydrogen) atoms. The maximum Gasteiger partial charge on any atom is 0.142 e. The van der Waals surface area contributed by atoms with Gasteiger partial charge in [0.1, 0.15) is 11.8 Å². The van der Waals surface area contributed by atoms with Crippen molar-refractivity contribution in [3.63, 3.8) is 0 Å². The summed E-state index contributed by atoms with van der Waals surface area (Å²) in [5, 5.41) is 17.2. The van der Waals surface area contributed by atoms with Gasteiger partial charge in [0.15, 0.2) is 0 Å². The fraction of sp³-hybridized carbons (Fsp3) is 0.417. The van der Waals surface area contributed by atoms with Crippen LogP contribution in [-0.2, 0) is 6.54 Å². The molecule has 0 bridgehead atoms. The summed E-state index contributed by atoms with van der Waals surface area (Å²) in [6, 6.07) is 16.2. The molecule has 2 fully saturated rings. The number of aromatic nitrogens is 2. The number of hydrogen-bond acceptors (Lipinski definition) is 6. The minimum Gasteiger partial charge on any atom is -0.369 e. The molecule has 7 nitrogen and oxygen atoms in total. The number of hydrogen-bond donors (Lipinski definition) is 1. The summed E-state index contributed by atoms with van der Waals surface area (Å²) >= 11 is 0. The Morgan fingerprint density at radius 3 is 2.77 bits per heavy atom. The van der Waals surface area contributed by atoms with E-state index in [4.69, 9.17) is 0 Å². The Kier molecular flexibility index (Phi) is 4.37. The van der Waals surface area contributed by atoms with Crippen LogP contribution in [0, 0.1) is 11.3 Å². The van der Waals surface area contributed by atoms with Crippen LogP contribution in [0.15, 0.2) is 42.6 Å². The molecule has 158 valence electrons. The van der Waals surface area contributed by atoms with Crippen LogP contribution >= 0.6 is 0 Å². The van der Waals surface area contributed by atoms with Gasteiger partial charge < -0.3 is 15.1 Å². The van der Waals surface area contributed by atoms with Gasteiger partial charge in [-0.15, -0.1) is 0 Å². The number of fused-ring (bicyclic) bond motifs is 4. The molecule has 0 saturated carbocycles. The molecule has 2 aromatic heterocycles. The quantitative estimate of drug-likeness (QED) is 0.696. The highest BCUT2D eigenvalue weighted by atomic mass is 15.3. The van der Waals surface area contributed by atoms with Gasteiger partial charge in [0.25, 0.3) is 0 Å². The van der Waals surface area contributed by atoms with Crippen LogP contribution in [0.3, 0.4) is 0 Å². The summed E-state index contributed by atoms with van der Waals surface area (Å²) in [6.07, 6.45) is 1.78. The van der Waals surface area contributed by atoms with E-state index in [9.17, 15) is 5.26 Å². The number of piperazine rings is 2. The predicted molar refractivity (Wildman–Crippen MR) is 121 cm³/mol. The summed E-state index contributed by atoms with van der Waals surface area (Å²) in [5.41, 5.74) is 7.04. The fourth-order valence-electron chi connectivity index (χ4n) is 5.58. The lowest BCUT2D eigenvalue weighted by atomic mass is 10.0. The van der Waals surface area contributed by atoms with Crippen molar-refractivity contribution in [2.45, 2.75) is 25.6 Å². The number of nitriles is 1. The van der Waals surface area contributed by atoms with Crippen LogP contribution in [0.5, 0.6) is 0 Å². The lowest BCUT2D eigenvalue weighted by molar-refractivity contribution is 0.134. The fourth-order valence-corrected chi connectivity index (χ4v) is 5.58. The van der Waals surface area contributed by atoms with Gasteiger partial charge in [-0.1, -0.05) is 6.07 Å². The first kappa shape index (κ1) is 18.7. The SMILES string of the molecule is C[C@@H]1CN(c2ccc(C#N)n3nccc23)C[C@@H]2c3ccc(N4CCNCC4)cc3CN12. The second kappa shape index (κ2) is 7.26. The average Bonchev–Trinajstić information content (AvgIpc) is 3.44. The van der Waals surface area contributed by atoms with Gasteiger partial charge in [-0.3, -0.25) is 4.90 Å². The van der Waals surface area contributed by atoms with Gasteiger partial charge in [0, 0.05) is 57.5 Å². The molecule has 0 unspecified atom stereocenters. The van der Waals surface area contributed by atoms with Crippen LogP contribution in [0.4, 0.5) is 11.4 Å². The lowest BCUT2D eigenvalue weighted by Gasteiger charge is -2.43. The van der Waals surface area contributed by atoms with E-state index < -0.39 is 0 Å². The van der Waals surface area contributed by atoms with Crippen LogP contribution in [0.2, 0.25) is 0 Å². The maximum atomic E-state index is 9.41. The average molecular weight is 414 g/mol. The van der Waals surface area contributed by atoms with Gasteiger partial charge in [-0.05, 0) is 48.4 Å². The van der Waals surface area contributed by atoms with Crippen LogP contribution in [-0.4, -0.2) is 59.8 Å². The Bertz CT molecular complexity index is 1170. The molecule has 3 aliphatic heterocycles. The largest absolute Gasteiger partial charge is 0.369 e. The highest BCUT2D eigenvalue weighted by Gasteiger charge is 2.39. The number of nitrogens with one attached hydrogen (secondary N) is 1. The number of nitrogens with zero attached hydrogens (tertiary/aromatic N) is 6. The molecule has 0 amide bonds. The molecule has 2 saturated heterocycles. The molecule has 0 spiro atoms. The summed E-state index contributed by atoms with van der Waals surface area (Å²) in [7, 11) is 0. The highest BCUT2D eigenvalue weighted by molar-refractivity contribution is 5.74. The van der Waals surface area contributed by atoms with Crippen molar-refractivity contribution in [2.24, 2.45) is 0 Å². The normalized spacial score (nSPS) is 23.6. The molecule has 1 N–H and O–H groups in total. The standard InChI is InChI=1S/C24H27N7/c1-17-14-29(22-5-3-20(13-25)31-23(22)6-7-27-31)16-24-21-4-2-19(12-18(21)15-30(17)24)28-10-8-26-9-11-28/h2-7,12,17,24,26H,8-11,14-16H2,1H3/t17-,24-/m1/s1. The molecule has 5 heterocycles. The van der Waals surface area contributed by atoms with Gasteiger partial charge >= 0.3 is 0 Å². The van der Waals surface area contributed by atoms with Gasteiger partial charge in [0.05, 0.1) is 23.4 Å². The van der Waals surface area contributed by atoms with E-state index >= 15 is 0 Å². The molecule has 2 atom stereocenters. The first-order valence-electron chi connectivity index (χ1n) is 11.2. The van der Waals surface area contributed by atoms with Crippen molar-refractivity contribution in [2.75, 3.05) is 49.1 Å². The molecule has 3 aliphatic rings. The maximum absolute atomic E-state index is 9.41. The number of rotatable bonds is 2. The van der Waals surface area contributed by atoms with E-state index in [-0.39, 0.29) is 0 Å². The lowest BCUT2D eigenvalue weighted by Crippen LogP contribution is -2.51. The van der Waals surface area contributed by atoms with Crippen LogP contribution in [0.25, 0.3) is 5.52 Å². The second-order valence-corrected chi connectivity index (χ2v) is 8.91. The predicted octanol–water partition coefficient (Wildman–Crippen LogP) is 2.38. The molecule has 3 aromatic rings. The zero-order valence-corrected chi connectivity index (χ0v) is 17.8. The van der Waals surface area contributed by atoms with Crippen molar-refractivity contribution in [3.05, 3.63) is 59.4 Å². The Morgan fingerprint density at radius 2 is 1.94 bits per heavy atom. The summed E-state index contributed by atoms with van der Waals surface area (Å²) in [6.45, 7) is 9.58. The molecule has 0 radical (unpaired) electrons. The van der Waals surface area contributed by atoms with Crippen LogP contribution in [0.1, 0.15) is 29.8 Å². The summed E-state index contributed by atoms with van der Waals surface area (Å²) < 4.78 is 1.76. The smallest absolute Gasteiger partial charge is 0.142 e. The minimum absolute atomic E-state index is 0.398. The van der Waals surface area contributed by atoms with Gasteiger partial charge in [-0.25, -0.2) is 4.52 Å².